The third-order valence-corrected chi connectivity index (χ3v) is 6.26. The van der Waals surface area contributed by atoms with Gasteiger partial charge in [-0.15, -0.1) is 11.8 Å². The highest BCUT2D eigenvalue weighted by Crippen LogP contribution is 2.31. The highest BCUT2D eigenvalue weighted by Gasteiger charge is 2.28. The van der Waals surface area contributed by atoms with Gasteiger partial charge in [0.2, 0.25) is 18.1 Å². The summed E-state index contributed by atoms with van der Waals surface area (Å²) in [4.78, 5) is 33.5. The van der Waals surface area contributed by atoms with Crippen molar-refractivity contribution < 1.29 is 19.2 Å². The monoisotopic (exact) mass is 426 g/mol. The Morgan fingerprint density at radius 3 is 2.86 bits per heavy atom. The lowest BCUT2D eigenvalue weighted by Gasteiger charge is -2.23. The van der Waals surface area contributed by atoms with Crippen molar-refractivity contribution in [3.63, 3.8) is 0 Å². The summed E-state index contributed by atoms with van der Waals surface area (Å²) in [6, 6.07) is 0. The molecule has 3 N–H and O–H groups in total. The second-order valence-electron chi connectivity index (χ2n) is 7.48. The summed E-state index contributed by atoms with van der Waals surface area (Å²) in [5, 5.41) is 10.0. The number of hydrogen-bond acceptors (Lipinski definition) is 8. The number of hydrogen-bond donors (Lipinski definition) is 3. The molecule has 29 heavy (non-hydrogen) atoms. The van der Waals surface area contributed by atoms with Crippen molar-refractivity contribution in [2.75, 3.05) is 35.0 Å². The molecule has 1 saturated heterocycles. The molecule has 0 bridgehead atoms. The van der Waals surface area contributed by atoms with E-state index in [-0.39, 0.29) is 24.6 Å². The van der Waals surface area contributed by atoms with Crippen molar-refractivity contribution in [2.24, 2.45) is 11.8 Å². The number of hydrazine groups is 1. The van der Waals surface area contributed by atoms with Crippen LogP contribution in [0.1, 0.15) is 37.9 Å². The molecule has 1 aromatic heterocycles. The minimum atomic E-state index is -0.623. The minimum absolute atomic E-state index is 0.103. The zero-order valence-electron chi connectivity index (χ0n) is 16.4. The van der Waals surface area contributed by atoms with Crippen molar-refractivity contribution in [3.8, 4) is 0 Å². The number of anilines is 2. The van der Waals surface area contributed by atoms with Crippen LogP contribution in [0.5, 0.6) is 0 Å². The van der Waals surface area contributed by atoms with Crippen LogP contribution in [0.3, 0.4) is 0 Å². The SMILES string of the molecule is Cc1nc(NNC(=O)[C@@H](CC2CCCC2)CN(O)C=O)c(F)c(N2CCSC2)n1. The largest absolute Gasteiger partial charge is 0.344 e. The summed E-state index contributed by atoms with van der Waals surface area (Å²) >= 11 is 1.69. The van der Waals surface area contributed by atoms with E-state index < -0.39 is 17.6 Å². The minimum Gasteiger partial charge on any atom is -0.344 e. The fourth-order valence-electron chi connectivity index (χ4n) is 3.82. The van der Waals surface area contributed by atoms with Gasteiger partial charge in [0.25, 0.3) is 0 Å². The number of thioether (sulfide) groups is 1. The molecule has 2 amide bonds. The second kappa shape index (κ2) is 10.1. The number of aryl methyl sites for hydroxylation is 1. The molecular weight excluding hydrogens is 399 g/mol. The van der Waals surface area contributed by atoms with Crippen molar-refractivity contribution in [1.29, 1.82) is 0 Å². The summed E-state index contributed by atoms with van der Waals surface area (Å²) < 4.78 is 14.9. The van der Waals surface area contributed by atoms with Gasteiger partial charge in [-0.3, -0.25) is 25.6 Å². The number of amides is 2. The predicted octanol–water partition coefficient (Wildman–Crippen LogP) is 1.92. The van der Waals surface area contributed by atoms with E-state index >= 15 is 0 Å². The molecule has 2 fully saturated rings. The van der Waals surface area contributed by atoms with Crippen LogP contribution < -0.4 is 15.8 Å². The van der Waals surface area contributed by atoms with E-state index in [1.54, 1.807) is 18.7 Å². The summed E-state index contributed by atoms with van der Waals surface area (Å²) in [7, 11) is 0. The van der Waals surface area contributed by atoms with E-state index in [1.807, 2.05) is 4.90 Å². The van der Waals surface area contributed by atoms with Crippen molar-refractivity contribution in [1.82, 2.24) is 20.5 Å². The van der Waals surface area contributed by atoms with Gasteiger partial charge in [-0.05, 0) is 19.3 Å². The van der Waals surface area contributed by atoms with E-state index in [2.05, 4.69) is 20.8 Å². The molecule has 9 nitrogen and oxygen atoms in total. The Kier molecular flexibility index (Phi) is 7.48. The van der Waals surface area contributed by atoms with E-state index in [0.717, 1.165) is 31.4 Å². The summed E-state index contributed by atoms with van der Waals surface area (Å²) in [5.41, 5.74) is 5.06. The van der Waals surface area contributed by atoms with Crippen molar-refractivity contribution in [3.05, 3.63) is 11.6 Å². The number of nitrogens with one attached hydrogen (secondary N) is 2. The van der Waals surface area contributed by atoms with Crippen LogP contribution in [0.4, 0.5) is 16.0 Å². The van der Waals surface area contributed by atoms with E-state index in [0.29, 0.717) is 35.6 Å². The third kappa shape index (κ3) is 5.69. The van der Waals surface area contributed by atoms with Gasteiger partial charge < -0.3 is 4.90 Å². The Morgan fingerprint density at radius 2 is 2.21 bits per heavy atom. The standard InChI is InChI=1S/C18H27FN6O3S/c1-12-20-16(15(19)17(21-12)24-6-7-29-11-24)22-23-18(27)14(9-25(28)10-26)8-13-4-2-3-5-13/h10,13-14,28H,2-9,11H2,1H3,(H,23,27)(H,20,21,22)/t14-/m0/s1. The smallest absolute Gasteiger partial charge is 0.243 e. The number of carbonyl (C=O) groups excluding carboxylic acids is 2. The molecule has 0 radical (unpaired) electrons. The molecule has 11 heteroatoms. The van der Waals surface area contributed by atoms with Crippen LogP contribution in [0.15, 0.2) is 0 Å². The van der Waals surface area contributed by atoms with Crippen LogP contribution in [0.25, 0.3) is 0 Å². The van der Waals surface area contributed by atoms with Gasteiger partial charge in [-0.1, -0.05) is 25.7 Å². The molecule has 1 saturated carbocycles. The first-order valence-electron chi connectivity index (χ1n) is 9.81. The third-order valence-electron chi connectivity index (χ3n) is 5.29. The fourth-order valence-corrected chi connectivity index (χ4v) is 4.77. The highest BCUT2D eigenvalue weighted by molar-refractivity contribution is 7.99. The number of rotatable bonds is 9. The van der Waals surface area contributed by atoms with Gasteiger partial charge in [-0.25, -0.2) is 15.0 Å². The summed E-state index contributed by atoms with van der Waals surface area (Å²) in [5.74, 6) is 0.774. The van der Waals surface area contributed by atoms with Crippen molar-refractivity contribution in [2.45, 2.75) is 39.0 Å². The first-order valence-corrected chi connectivity index (χ1v) is 11.0. The van der Waals surface area contributed by atoms with Crippen LogP contribution in [-0.2, 0) is 9.59 Å². The zero-order valence-corrected chi connectivity index (χ0v) is 17.3. The van der Waals surface area contributed by atoms with Gasteiger partial charge in [0.05, 0.1) is 18.3 Å². The van der Waals surface area contributed by atoms with Gasteiger partial charge >= 0.3 is 0 Å². The maximum absolute atomic E-state index is 14.9. The van der Waals surface area contributed by atoms with Crippen molar-refractivity contribution >= 4 is 35.7 Å². The van der Waals surface area contributed by atoms with Crippen LogP contribution in [-0.4, -0.2) is 57.3 Å². The topological polar surface area (TPSA) is 111 Å². The predicted molar refractivity (Wildman–Crippen MR) is 108 cm³/mol. The molecule has 1 aliphatic heterocycles. The molecule has 3 rings (SSSR count). The van der Waals surface area contributed by atoms with Gasteiger partial charge in [0, 0.05) is 12.3 Å². The summed E-state index contributed by atoms with van der Waals surface area (Å²) in [6.07, 6.45) is 5.13. The number of carbonyl (C=O) groups is 2. The second-order valence-corrected chi connectivity index (χ2v) is 8.56. The number of nitrogens with zero attached hydrogens (tertiary/aromatic N) is 4. The molecule has 2 aliphatic rings. The quantitative estimate of drug-likeness (QED) is 0.312. The molecule has 160 valence electrons. The number of aromatic nitrogens is 2. The number of halogens is 1. The first-order chi connectivity index (χ1) is 14.0. The molecule has 0 aromatic carbocycles. The highest BCUT2D eigenvalue weighted by atomic mass is 32.2. The van der Waals surface area contributed by atoms with E-state index in [4.69, 9.17) is 0 Å². The fraction of sp³-hybridized carbons (Fsp3) is 0.667. The van der Waals surface area contributed by atoms with E-state index in [9.17, 15) is 19.2 Å². The van der Waals surface area contributed by atoms with Crippen LogP contribution >= 0.6 is 11.8 Å². The van der Waals surface area contributed by atoms with Gasteiger partial charge in [0.1, 0.15) is 5.82 Å². The Hall–Kier alpha value is -2.14. The van der Waals surface area contributed by atoms with Gasteiger partial charge in [0.15, 0.2) is 11.6 Å². The lowest BCUT2D eigenvalue weighted by molar-refractivity contribution is -0.154. The Morgan fingerprint density at radius 1 is 1.45 bits per heavy atom. The lowest BCUT2D eigenvalue weighted by atomic mass is 9.92. The van der Waals surface area contributed by atoms with Gasteiger partial charge in [-0.2, -0.15) is 4.39 Å². The average Bonchev–Trinajstić information content (AvgIpc) is 3.41. The molecular formula is C18H27FN6O3S. The molecule has 0 unspecified atom stereocenters. The lowest BCUT2D eigenvalue weighted by Crippen LogP contribution is -2.41. The Labute approximate surface area is 173 Å². The van der Waals surface area contributed by atoms with Crippen LogP contribution in [0.2, 0.25) is 0 Å². The summed E-state index contributed by atoms with van der Waals surface area (Å²) in [6.45, 7) is 2.25. The van der Waals surface area contributed by atoms with E-state index in [1.165, 1.54) is 0 Å². The zero-order chi connectivity index (χ0) is 20.8. The Balaban J connectivity index is 1.67. The molecule has 1 aromatic rings. The maximum atomic E-state index is 14.9. The average molecular weight is 427 g/mol. The number of hydroxylamine groups is 2. The molecule has 0 spiro atoms. The molecule has 2 heterocycles. The normalized spacial score (nSPS) is 18.0. The Bertz CT molecular complexity index is 728. The van der Waals surface area contributed by atoms with Crippen LogP contribution in [0, 0.1) is 24.6 Å². The first kappa shape index (κ1) is 21.6. The molecule has 1 aliphatic carbocycles. The molecule has 1 atom stereocenters. The maximum Gasteiger partial charge on any atom is 0.243 e.